The molecule has 1 atom stereocenters. The van der Waals surface area contributed by atoms with E-state index in [4.69, 9.17) is 9.47 Å². The molecular formula is C15H32N4O2. The van der Waals surface area contributed by atoms with Gasteiger partial charge in [0.05, 0.1) is 19.8 Å². The molecule has 2 N–H and O–H groups in total. The van der Waals surface area contributed by atoms with Crippen molar-refractivity contribution >= 4 is 5.96 Å². The Kier molecular flexibility index (Phi) is 10.2. The van der Waals surface area contributed by atoms with Crippen molar-refractivity contribution in [2.24, 2.45) is 4.99 Å². The van der Waals surface area contributed by atoms with Gasteiger partial charge in [-0.05, 0) is 39.8 Å². The van der Waals surface area contributed by atoms with Crippen molar-refractivity contribution in [2.45, 2.75) is 32.2 Å². The highest BCUT2D eigenvalue weighted by Crippen LogP contribution is 2.14. The lowest BCUT2D eigenvalue weighted by atomic mass is 10.2. The second-order valence-electron chi connectivity index (χ2n) is 5.38. The van der Waals surface area contributed by atoms with Crippen LogP contribution in [0.3, 0.4) is 0 Å². The third-order valence-corrected chi connectivity index (χ3v) is 3.67. The van der Waals surface area contributed by atoms with Gasteiger partial charge in [0, 0.05) is 32.8 Å². The van der Waals surface area contributed by atoms with Crippen LogP contribution in [0.4, 0.5) is 0 Å². The first-order chi connectivity index (χ1) is 10.3. The molecule has 0 bridgehead atoms. The summed E-state index contributed by atoms with van der Waals surface area (Å²) in [7, 11) is 3.87. The molecule has 0 aromatic rings. The number of likely N-dealkylation sites (N-methyl/N-ethyl adjacent to an activating group) is 1. The largest absolute Gasteiger partial charge is 0.382 e. The summed E-state index contributed by atoms with van der Waals surface area (Å²) in [5, 5.41) is 6.65. The van der Waals surface area contributed by atoms with E-state index in [1.54, 1.807) is 7.11 Å². The molecule has 6 heteroatoms. The molecule has 0 radical (unpaired) electrons. The number of nitrogens with one attached hydrogen (secondary N) is 2. The number of rotatable bonds is 10. The molecule has 21 heavy (non-hydrogen) atoms. The van der Waals surface area contributed by atoms with Gasteiger partial charge in [0.15, 0.2) is 5.96 Å². The van der Waals surface area contributed by atoms with E-state index in [9.17, 15) is 0 Å². The first-order valence-electron chi connectivity index (χ1n) is 8.07. The van der Waals surface area contributed by atoms with Crippen LogP contribution >= 0.6 is 0 Å². The lowest BCUT2D eigenvalue weighted by Gasteiger charge is -2.18. The highest BCUT2D eigenvalue weighted by atomic mass is 16.5. The molecule has 124 valence electrons. The molecule has 0 saturated carbocycles. The average molecular weight is 300 g/mol. The standard InChI is InChI=1S/C15H32N4O2/c1-4-16-15(17-8-6-10-21-12-11-20-3)18-13-14-7-5-9-19(14)2/h14H,4-13H2,1-3H3,(H2,16,17,18). The number of guanidine groups is 1. The molecule has 1 fully saturated rings. The van der Waals surface area contributed by atoms with Crippen LogP contribution in [0.2, 0.25) is 0 Å². The minimum absolute atomic E-state index is 0.595. The Bertz CT molecular complexity index is 287. The summed E-state index contributed by atoms with van der Waals surface area (Å²) in [6.07, 6.45) is 3.52. The van der Waals surface area contributed by atoms with E-state index in [0.717, 1.165) is 38.6 Å². The normalized spacial score (nSPS) is 20.0. The molecule has 1 heterocycles. The Labute approximate surface area is 129 Å². The number of methoxy groups -OCH3 is 1. The number of nitrogens with zero attached hydrogens (tertiary/aromatic N) is 2. The quantitative estimate of drug-likeness (QED) is 0.353. The third kappa shape index (κ3) is 8.24. The highest BCUT2D eigenvalue weighted by Gasteiger charge is 2.20. The fourth-order valence-electron chi connectivity index (χ4n) is 2.37. The van der Waals surface area contributed by atoms with Crippen LogP contribution in [-0.4, -0.2) is 77.1 Å². The van der Waals surface area contributed by atoms with Gasteiger partial charge in [-0.25, -0.2) is 0 Å². The van der Waals surface area contributed by atoms with Crippen molar-refractivity contribution in [2.75, 3.05) is 60.2 Å². The summed E-state index contributed by atoms with van der Waals surface area (Å²) >= 11 is 0. The summed E-state index contributed by atoms with van der Waals surface area (Å²) in [5.74, 6) is 0.912. The van der Waals surface area contributed by atoms with Crippen LogP contribution in [0, 0.1) is 0 Å². The second-order valence-corrected chi connectivity index (χ2v) is 5.38. The van der Waals surface area contributed by atoms with Gasteiger partial charge in [-0.15, -0.1) is 0 Å². The van der Waals surface area contributed by atoms with Gasteiger partial charge >= 0.3 is 0 Å². The van der Waals surface area contributed by atoms with Crippen LogP contribution < -0.4 is 10.6 Å². The SMILES string of the molecule is CCNC(=NCC1CCCN1C)NCCCOCCOC. The maximum absolute atomic E-state index is 5.44. The minimum atomic E-state index is 0.595. The van der Waals surface area contributed by atoms with Crippen LogP contribution in [0.1, 0.15) is 26.2 Å². The zero-order valence-electron chi connectivity index (χ0n) is 13.9. The Morgan fingerprint density at radius 2 is 2.14 bits per heavy atom. The van der Waals surface area contributed by atoms with E-state index in [2.05, 4.69) is 34.5 Å². The van der Waals surface area contributed by atoms with Gasteiger partial charge in [-0.1, -0.05) is 0 Å². The lowest BCUT2D eigenvalue weighted by Crippen LogP contribution is -2.39. The molecule has 0 amide bonds. The number of ether oxygens (including phenoxy) is 2. The van der Waals surface area contributed by atoms with Crippen molar-refractivity contribution in [1.82, 2.24) is 15.5 Å². The fraction of sp³-hybridized carbons (Fsp3) is 0.933. The number of likely N-dealkylation sites (tertiary alicyclic amines) is 1. The maximum atomic E-state index is 5.44. The fourth-order valence-corrected chi connectivity index (χ4v) is 2.37. The van der Waals surface area contributed by atoms with Gasteiger partial charge in [0.1, 0.15) is 0 Å². The molecule has 0 aromatic carbocycles. The van der Waals surface area contributed by atoms with E-state index in [1.165, 1.54) is 19.4 Å². The molecule has 1 aliphatic rings. The van der Waals surface area contributed by atoms with E-state index in [-0.39, 0.29) is 0 Å². The molecule has 0 aliphatic carbocycles. The molecule has 1 unspecified atom stereocenters. The summed E-state index contributed by atoms with van der Waals surface area (Å²) in [4.78, 5) is 7.08. The van der Waals surface area contributed by atoms with E-state index in [1.807, 2.05) is 0 Å². The van der Waals surface area contributed by atoms with Crippen LogP contribution in [0.5, 0.6) is 0 Å². The summed E-state index contributed by atoms with van der Waals surface area (Å²) in [6, 6.07) is 0.595. The Morgan fingerprint density at radius 3 is 2.81 bits per heavy atom. The van der Waals surface area contributed by atoms with Crippen molar-refractivity contribution in [3.05, 3.63) is 0 Å². The van der Waals surface area contributed by atoms with Crippen LogP contribution in [0.15, 0.2) is 4.99 Å². The van der Waals surface area contributed by atoms with Gasteiger partial charge in [0.25, 0.3) is 0 Å². The molecule has 1 saturated heterocycles. The Balaban J connectivity index is 2.16. The first-order valence-corrected chi connectivity index (χ1v) is 8.07. The van der Waals surface area contributed by atoms with Crippen molar-refractivity contribution in [3.8, 4) is 0 Å². The van der Waals surface area contributed by atoms with Crippen molar-refractivity contribution in [3.63, 3.8) is 0 Å². The first kappa shape index (κ1) is 18.2. The topological polar surface area (TPSA) is 58.1 Å². The molecule has 1 rings (SSSR count). The predicted octanol–water partition coefficient (Wildman–Crippen LogP) is 0.689. The average Bonchev–Trinajstić information content (AvgIpc) is 2.89. The van der Waals surface area contributed by atoms with Gasteiger partial charge in [-0.2, -0.15) is 0 Å². The van der Waals surface area contributed by atoms with E-state index < -0.39 is 0 Å². The minimum Gasteiger partial charge on any atom is -0.382 e. The molecular weight excluding hydrogens is 268 g/mol. The zero-order valence-corrected chi connectivity index (χ0v) is 13.9. The Morgan fingerprint density at radius 1 is 1.29 bits per heavy atom. The summed E-state index contributed by atoms with van der Waals surface area (Å²) in [5.41, 5.74) is 0. The third-order valence-electron chi connectivity index (χ3n) is 3.67. The monoisotopic (exact) mass is 300 g/mol. The van der Waals surface area contributed by atoms with Gasteiger partial charge in [-0.3, -0.25) is 4.99 Å². The molecule has 6 nitrogen and oxygen atoms in total. The number of hydrogen-bond donors (Lipinski definition) is 2. The predicted molar refractivity (Wildman–Crippen MR) is 86.9 cm³/mol. The van der Waals surface area contributed by atoms with Gasteiger partial charge < -0.3 is 25.0 Å². The Hall–Kier alpha value is -0.850. The lowest BCUT2D eigenvalue weighted by molar-refractivity contribution is 0.0698. The van der Waals surface area contributed by atoms with E-state index in [0.29, 0.717) is 19.3 Å². The maximum Gasteiger partial charge on any atom is 0.191 e. The van der Waals surface area contributed by atoms with Crippen LogP contribution in [0.25, 0.3) is 0 Å². The number of hydrogen-bond acceptors (Lipinski definition) is 4. The highest BCUT2D eigenvalue weighted by molar-refractivity contribution is 5.79. The second kappa shape index (κ2) is 11.8. The summed E-state index contributed by atoms with van der Waals surface area (Å²) < 4.78 is 10.4. The van der Waals surface area contributed by atoms with E-state index >= 15 is 0 Å². The van der Waals surface area contributed by atoms with Gasteiger partial charge in [0.2, 0.25) is 0 Å². The van der Waals surface area contributed by atoms with Crippen molar-refractivity contribution < 1.29 is 9.47 Å². The summed E-state index contributed by atoms with van der Waals surface area (Å²) in [6.45, 7) is 7.99. The molecule has 0 spiro atoms. The number of aliphatic imine (C=N–C) groups is 1. The molecule has 0 aromatic heterocycles. The smallest absolute Gasteiger partial charge is 0.191 e. The van der Waals surface area contributed by atoms with Crippen LogP contribution in [-0.2, 0) is 9.47 Å². The molecule has 1 aliphatic heterocycles. The van der Waals surface area contributed by atoms with Crippen molar-refractivity contribution in [1.29, 1.82) is 0 Å². The zero-order chi connectivity index (χ0) is 15.3.